The van der Waals surface area contributed by atoms with Gasteiger partial charge in [0.1, 0.15) is 12.0 Å². The van der Waals surface area contributed by atoms with E-state index in [1.54, 1.807) is 12.1 Å². The molecule has 1 aliphatic carbocycles. The second kappa shape index (κ2) is 2.63. The number of phenols is 1. The molecule has 0 spiro atoms. The molecule has 0 aromatic heterocycles. The first-order valence-electron chi connectivity index (χ1n) is 4.05. The van der Waals surface area contributed by atoms with Gasteiger partial charge in [0.25, 0.3) is 0 Å². The van der Waals surface area contributed by atoms with Crippen LogP contribution in [0.1, 0.15) is 11.1 Å². The van der Waals surface area contributed by atoms with E-state index in [1.165, 1.54) is 5.56 Å². The molecule has 62 valence electrons. The minimum Gasteiger partial charge on any atom is -0.508 e. The fourth-order valence-corrected chi connectivity index (χ4v) is 1.73. The van der Waals surface area contributed by atoms with E-state index in [0.717, 1.165) is 24.7 Å². The molecule has 1 atom stereocenters. The molecule has 1 unspecified atom stereocenters. The Hall–Kier alpha value is -1.31. The van der Waals surface area contributed by atoms with Gasteiger partial charge in [-0.3, -0.25) is 0 Å². The minimum absolute atomic E-state index is 0.127. The van der Waals surface area contributed by atoms with Crippen molar-refractivity contribution in [2.24, 2.45) is 5.92 Å². The summed E-state index contributed by atoms with van der Waals surface area (Å²) in [5, 5.41) is 9.17. The van der Waals surface area contributed by atoms with E-state index >= 15 is 0 Å². The molecule has 0 bridgehead atoms. The molecule has 2 rings (SSSR count). The number of aldehydes is 1. The second-order valence-corrected chi connectivity index (χ2v) is 3.26. The predicted molar refractivity (Wildman–Crippen MR) is 45.1 cm³/mol. The maximum atomic E-state index is 10.5. The molecule has 2 heteroatoms. The second-order valence-electron chi connectivity index (χ2n) is 3.26. The number of aromatic hydroxyl groups is 1. The number of carbonyl (C=O) groups excluding carboxylic acids is 1. The van der Waals surface area contributed by atoms with Gasteiger partial charge < -0.3 is 9.90 Å². The van der Waals surface area contributed by atoms with Gasteiger partial charge in [-0.05, 0) is 36.1 Å². The van der Waals surface area contributed by atoms with E-state index in [0.29, 0.717) is 5.75 Å². The van der Waals surface area contributed by atoms with Gasteiger partial charge in [-0.15, -0.1) is 0 Å². The van der Waals surface area contributed by atoms with Crippen LogP contribution in [0.15, 0.2) is 18.2 Å². The summed E-state index contributed by atoms with van der Waals surface area (Å²) in [7, 11) is 0. The lowest BCUT2D eigenvalue weighted by Gasteiger charge is -1.97. The van der Waals surface area contributed by atoms with E-state index in [-0.39, 0.29) is 5.92 Å². The summed E-state index contributed by atoms with van der Waals surface area (Å²) in [5.41, 5.74) is 2.32. The third kappa shape index (κ3) is 1.09. The highest BCUT2D eigenvalue weighted by atomic mass is 16.3. The number of phenolic OH excluding ortho intramolecular Hbond substituents is 1. The first-order valence-corrected chi connectivity index (χ1v) is 4.05. The summed E-state index contributed by atoms with van der Waals surface area (Å²) < 4.78 is 0. The molecule has 0 radical (unpaired) electrons. The van der Waals surface area contributed by atoms with E-state index in [1.807, 2.05) is 6.07 Å². The summed E-state index contributed by atoms with van der Waals surface area (Å²) in [6.07, 6.45) is 2.61. The maximum Gasteiger partial charge on any atom is 0.123 e. The van der Waals surface area contributed by atoms with E-state index in [9.17, 15) is 4.79 Å². The fraction of sp³-hybridized carbons (Fsp3) is 0.300. The van der Waals surface area contributed by atoms with Gasteiger partial charge in [0, 0.05) is 5.92 Å². The molecular formula is C10H10O2. The maximum absolute atomic E-state index is 10.5. The van der Waals surface area contributed by atoms with Crippen LogP contribution in [0, 0.1) is 5.92 Å². The Morgan fingerprint density at radius 2 is 2.08 bits per heavy atom. The Morgan fingerprint density at radius 3 is 2.83 bits per heavy atom. The number of benzene rings is 1. The SMILES string of the molecule is O=CC1Cc2ccc(O)cc2C1. The van der Waals surface area contributed by atoms with Crippen LogP contribution < -0.4 is 0 Å². The highest BCUT2D eigenvalue weighted by Gasteiger charge is 2.20. The molecule has 0 fully saturated rings. The number of rotatable bonds is 1. The zero-order valence-corrected chi connectivity index (χ0v) is 6.66. The summed E-state index contributed by atoms with van der Waals surface area (Å²) in [6, 6.07) is 5.32. The Bertz CT molecular complexity index is 318. The van der Waals surface area contributed by atoms with Crippen molar-refractivity contribution in [2.45, 2.75) is 12.8 Å². The van der Waals surface area contributed by atoms with Crippen molar-refractivity contribution in [1.29, 1.82) is 0 Å². The Morgan fingerprint density at radius 1 is 1.33 bits per heavy atom. The zero-order chi connectivity index (χ0) is 8.55. The third-order valence-electron chi connectivity index (χ3n) is 2.35. The topological polar surface area (TPSA) is 37.3 Å². The first-order chi connectivity index (χ1) is 5.79. The van der Waals surface area contributed by atoms with Crippen LogP contribution in [0.4, 0.5) is 0 Å². The highest BCUT2D eigenvalue weighted by Crippen LogP contribution is 2.28. The molecule has 1 aliphatic rings. The van der Waals surface area contributed by atoms with Crippen LogP contribution in [0.25, 0.3) is 0 Å². The monoisotopic (exact) mass is 162 g/mol. The van der Waals surface area contributed by atoms with Gasteiger partial charge in [-0.1, -0.05) is 6.07 Å². The number of carbonyl (C=O) groups is 1. The molecule has 12 heavy (non-hydrogen) atoms. The molecular weight excluding hydrogens is 152 g/mol. The Labute approximate surface area is 70.8 Å². The lowest BCUT2D eigenvalue weighted by molar-refractivity contribution is -0.110. The molecule has 0 heterocycles. The van der Waals surface area contributed by atoms with Crippen LogP contribution in [-0.2, 0) is 17.6 Å². The van der Waals surface area contributed by atoms with Crippen molar-refractivity contribution < 1.29 is 9.90 Å². The molecule has 1 N–H and O–H groups in total. The Balaban J connectivity index is 2.35. The average molecular weight is 162 g/mol. The average Bonchev–Trinajstić information content (AvgIpc) is 2.46. The summed E-state index contributed by atoms with van der Waals surface area (Å²) in [4.78, 5) is 10.5. The lowest BCUT2D eigenvalue weighted by atomic mass is 10.1. The van der Waals surface area contributed by atoms with Gasteiger partial charge in [0.05, 0.1) is 0 Å². The normalized spacial score (nSPS) is 20.5. The van der Waals surface area contributed by atoms with Crippen LogP contribution in [0.3, 0.4) is 0 Å². The van der Waals surface area contributed by atoms with Crippen LogP contribution >= 0.6 is 0 Å². The van der Waals surface area contributed by atoms with Gasteiger partial charge >= 0.3 is 0 Å². The number of hydrogen-bond donors (Lipinski definition) is 1. The van der Waals surface area contributed by atoms with Crippen molar-refractivity contribution in [2.75, 3.05) is 0 Å². The van der Waals surface area contributed by atoms with Crippen molar-refractivity contribution in [3.05, 3.63) is 29.3 Å². The molecule has 0 amide bonds. The fourth-order valence-electron chi connectivity index (χ4n) is 1.73. The number of fused-ring (bicyclic) bond motifs is 1. The smallest absolute Gasteiger partial charge is 0.123 e. The van der Waals surface area contributed by atoms with Gasteiger partial charge in [-0.25, -0.2) is 0 Å². The third-order valence-corrected chi connectivity index (χ3v) is 2.35. The van der Waals surface area contributed by atoms with E-state index in [4.69, 9.17) is 5.11 Å². The molecule has 0 saturated heterocycles. The lowest BCUT2D eigenvalue weighted by Crippen LogP contribution is -1.99. The van der Waals surface area contributed by atoms with Crippen molar-refractivity contribution in [1.82, 2.24) is 0 Å². The standard InChI is InChI=1S/C10H10O2/c11-6-7-3-8-1-2-10(12)5-9(8)4-7/h1-2,5-7,12H,3-4H2. The minimum atomic E-state index is 0.127. The molecule has 1 aromatic rings. The molecule has 1 aromatic carbocycles. The van der Waals surface area contributed by atoms with Crippen molar-refractivity contribution in [3.63, 3.8) is 0 Å². The van der Waals surface area contributed by atoms with E-state index in [2.05, 4.69) is 0 Å². The summed E-state index contributed by atoms with van der Waals surface area (Å²) in [6.45, 7) is 0. The zero-order valence-electron chi connectivity index (χ0n) is 6.66. The van der Waals surface area contributed by atoms with Crippen LogP contribution in [0.2, 0.25) is 0 Å². The summed E-state index contributed by atoms with van der Waals surface area (Å²) in [5.74, 6) is 0.419. The van der Waals surface area contributed by atoms with Crippen molar-refractivity contribution in [3.8, 4) is 5.75 Å². The highest BCUT2D eigenvalue weighted by molar-refractivity contribution is 5.58. The van der Waals surface area contributed by atoms with Crippen LogP contribution in [-0.4, -0.2) is 11.4 Å². The van der Waals surface area contributed by atoms with E-state index < -0.39 is 0 Å². The van der Waals surface area contributed by atoms with Gasteiger partial charge in [0.2, 0.25) is 0 Å². The van der Waals surface area contributed by atoms with Crippen LogP contribution in [0.5, 0.6) is 5.75 Å². The first kappa shape index (κ1) is 7.35. The molecule has 0 aliphatic heterocycles. The predicted octanol–water partition coefficient (Wildman–Crippen LogP) is 1.31. The van der Waals surface area contributed by atoms with Gasteiger partial charge in [0.15, 0.2) is 0 Å². The van der Waals surface area contributed by atoms with Crippen molar-refractivity contribution >= 4 is 6.29 Å². The summed E-state index contributed by atoms with van der Waals surface area (Å²) >= 11 is 0. The largest absolute Gasteiger partial charge is 0.508 e. The number of hydrogen-bond acceptors (Lipinski definition) is 2. The Kier molecular flexibility index (Phi) is 1.61. The quantitative estimate of drug-likeness (QED) is 0.632. The molecule has 0 saturated carbocycles. The molecule has 2 nitrogen and oxygen atoms in total. The van der Waals surface area contributed by atoms with Gasteiger partial charge in [-0.2, -0.15) is 0 Å².